The fraction of sp³-hybridized carbons (Fsp3) is 0.111. The highest BCUT2D eigenvalue weighted by Gasteiger charge is 2.24. The number of hydrogen-bond donors (Lipinski definition) is 0. The minimum Gasteiger partial charge on any atom is -0.465 e. The van der Waals surface area contributed by atoms with Crippen molar-refractivity contribution in [3.05, 3.63) is 70.6 Å². The molecule has 11 nitrogen and oxygen atoms in total. The van der Waals surface area contributed by atoms with Crippen LogP contribution in [0, 0.1) is 20.2 Å². The molecule has 0 fully saturated rings. The highest BCUT2D eigenvalue weighted by atomic mass is 79.9. The van der Waals surface area contributed by atoms with Crippen LogP contribution in [0.3, 0.4) is 0 Å². The summed E-state index contributed by atoms with van der Waals surface area (Å²) in [6, 6.07) is 5.91. The number of non-ortho nitro benzene ring substituents is 1. The van der Waals surface area contributed by atoms with Gasteiger partial charge < -0.3 is 14.2 Å². The number of carbonyl (C=O) groups is 2. The van der Waals surface area contributed by atoms with Crippen LogP contribution in [0.15, 0.2) is 44.9 Å². The van der Waals surface area contributed by atoms with E-state index in [1.165, 1.54) is 18.2 Å². The van der Waals surface area contributed by atoms with Gasteiger partial charge in [-0.1, -0.05) is 0 Å². The molecular weight excluding hydrogens is 548 g/mol. The van der Waals surface area contributed by atoms with E-state index in [1.54, 1.807) is 0 Å². The molecule has 0 aliphatic carbocycles. The molecule has 2 aromatic rings. The van der Waals surface area contributed by atoms with Crippen LogP contribution in [-0.2, 0) is 19.1 Å². The molecule has 2 aromatic carbocycles. The second-order valence-electron chi connectivity index (χ2n) is 5.62. The maximum Gasteiger partial charge on any atom is 0.345 e. The smallest absolute Gasteiger partial charge is 0.345 e. The Morgan fingerprint density at radius 1 is 0.935 bits per heavy atom. The molecule has 162 valence electrons. The first-order valence-corrected chi connectivity index (χ1v) is 9.65. The van der Waals surface area contributed by atoms with Crippen LogP contribution in [0.1, 0.15) is 5.56 Å². The molecule has 0 saturated carbocycles. The topological polar surface area (TPSA) is 148 Å². The van der Waals surface area contributed by atoms with Crippen molar-refractivity contribution in [2.24, 2.45) is 0 Å². The Bertz CT molecular complexity index is 1070. The van der Waals surface area contributed by atoms with Gasteiger partial charge in [-0.3, -0.25) is 20.2 Å². The number of benzene rings is 2. The van der Waals surface area contributed by atoms with Gasteiger partial charge in [0.25, 0.3) is 5.69 Å². The highest BCUT2D eigenvalue weighted by molar-refractivity contribution is 9.11. The van der Waals surface area contributed by atoms with Crippen molar-refractivity contribution in [1.29, 1.82) is 0 Å². The first-order chi connectivity index (χ1) is 14.6. The largest absolute Gasteiger partial charge is 0.465 e. The fourth-order valence-corrected chi connectivity index (χ4v) is 3.69. The molecule has 0 aliphatic rings. The Labute approximate surface area is 191 Å². The molecule has 0 spiro atoms. The minimum atomic E-state index is -0.902. The zero-order valence-electron chi connectivity index (χ0n) is 15.8. The summed E-state index contributed by atoms with van der Waals surface area (Å²) in [5.41, 5.74) is -1.05. The number of halogens is 2. The molecule has 0 unspecified atom stereocenters. The van der Waals surface area contributed by atoms with Crippen LogP contribution in [0.4, 0.5) is 11.4 Å². The van der Waals surface area contributed by atoms with Crippen molar-refractivity contribution < 1.29 is 33.6 Å². The summed E-state index contributed by atoms with van der Waals surface area (Å²) < 4.78 is 15.3. The van der Waals surface area contributed by atoms with E-state index in [1.807, 2.05) is 0 Å². The summed E-state index contributed by atoms with van der Waals surface area (Å²) in [5, 5.41) is 22.2. The van der Waals surface area contributed by atoms with Crippen molar-refractivity contribution in [3.8, 4) is 11.5 Å². The second-order valence-corrected chi connectivity index (χ2v) is 7.33. The Morgan fingerprint density at radius 3 is 1.94 bits per heavy atom. The lowest BCUT2D eigenvalue weighted by molar-refractivity contribution is -0.394. The molecule has 2 rings (SSSR count). The lowest BCUT2D eigenvalue weighted by Gasteiger charge is -2.12. The maximum atomic E-state index is 11.8. The summed E-state index contributed by atoms with van der Waals surface area (Å²) in [6.07, 6.45) is 1.23. The van der Waals surface area contributed by atoms with Crippen LogP contribution in [0.5, 0.6) is 11.5 Å². The molecule has 0 radical (unpaired) electrons. The van der Waals surface area contributed by atoms with Crippen molar-refractivity contribution >= 4 is 61.2 Å². The van der Waals surface area contributed by atoms with Gasteiger partial charge in [0.05, 0.1) is 39.1 Å². The van der Waals surface area contributed by atoms with Gasteiger partial charge in [-0.15, -0.1) is 0 Å². The molecule has 0 amide bonds. The number of ether oxygens (including phenoxy) is 3. The average molecular weight is 560 g/mol. The van der Waals surface area contributed by atoms with Crippen LogP contribution in [0.25, 0.3) is 6.08 Å². The van der Waals surface area contributed by atoms with Crippen LogP contribution in [-0.4, -0.2) is 36.0 Å². The first-order valence-electron chi connectivity index (χ1n) is 8.07. The third-order valence-electron chi connectivity index (χ3n) is 3.70. The van der Waals surface area contributed by atoms with Gasteiger partial charge in [-0.05, 0) is 61.7 Å². The lowest BCUT2D eigenvalue weighted by atomic mass is 10.1. The lowest BCUT2D eigenvalue weighted by Crippen LogP contribution is -2.15. The molecule has 31 heavy (non-hydrogen) atoms. The standard InChI is InChI=1S/C18H12Br2N2O9/c1-29-17(23)11(18(24)30-2)5-9-6-12(19)16(13(20)7-9)31-15-4-3-10(21(25)26)8-14(15)22(27)28/h3-8H,1-2H3. The zero-order valence-corrected chi connectivity index (χ0v) is 19.0. The van der Waals surface area contributed by atoms with Gasteiger partial charge in [0.2, 0.25) is 5.75 Å². The molecule has 0 bridgehead atoms. The van der Waals surface area contributed by atoms with Gasteiger partial charge >= 0.3 is 17.6 Å². The SMILES string of the molecule is COC(=O)C(=Cc1cc(Br)c(Oc2ccc([N+](=O)[O-])cc2[N+](=O)[O-])c(Br)c1)C(=O)OC. The summed E-state index contributed by atoms with van der Waals surface area (Å²) in [4.78, 5) is 44.3. The molecule has 13 heteroatoms. The molecule has 0 heterocycles. The van der Waals surface area contributed by atoms with E-state index in [4.69, 9.17) is 4.74 Å². The molecule has 0 saturated heterocycles. The van der Waals surface area contributed by atoms with E-state index in [9.17, 15) is 29.8 Å². The number of carbonyl (C=O) groups excluding carboxylic acids is 2. The third kappa shape index (κ3) is 5.64. The predicted octanol–water partition coefficient (Wildman–Crippen LogP) is 4.55. The molecule has 0 aromatic heterocycles. The molecular formula is C18H12Br2N2O9. The minimum absolute atomic E-state index is 0.117. The third-order valence-corrected chi connectivity index (χ3v) is 4.88. The predicted molar refractivity (Wildman–Crippen MR) is 114 cm³/mol. The number of esters is 2. The Morgan fingerprint density at radius 2 is 1.48 bits per heavy atom. The van der Waals surface area contributed by atoms with Crippen molar-refractivity contribution in [1.82, 2.24) is 0 Å². The normalized spacial score (nSPS) is 10.1. The average Bonchev–Trinajstić information content (AvgIpc) is 2.73. The molecule has 0 N–H and O–H groups in total. The van der Waals surface area contributed by atoms with E-state index in [0.717, 1.165) is 32.4 Å². The quantitative estimate of drug-likeness (QED) is 0.119. The summed E-state index contributed by atoms with van der Waals surface area (Å²) in [5.74, 6) is -1.92. The first kappa shape index (κ1) is 24.0. The van der Waals surface area contributed by atoms with Crippen LogP contribution in [0.2, 0.25) is 0 Å². The van der Waals surface area contributed by atoms with Crippen LogP contribution >= 0.6 is 31.9 Å². The van der Waals surface area contributed by atoms with Crippen molar-refractivity contribution in [2.45, 2.75) is 0 Å². The van der Waals surface area contributed by atoms with Gasteiger partial charge in [0.15, 0.2) is 5.75 Å². The Kier molecular flexibility index (Phi) is 7.83. The highest BCUT2D eigenvalue weighted by Crippen LogP contribution is 2.41. The number of nitro benzene ring substituents is 2. The van der Waals surface area contributed by atoms with E-state index in [-0.39, 0.29) is 17.1 Å². The Balaban J connectivity index is 2.49. The fourth-order valence-electron chi connectivity index (χ4n) is 2.31. The van der Waals surface area contributed by atoms with E-state index in [2.05, 4.69) is 41.3 Å². The van der Waals surface area contributed by atoms with Crippen molar-refractivity contribution in [2.75, 3.05) is 14.2 Å². The van der Waals surface area contributed by atoms with Gasteiger partial charge in [-0.25, -0.2) is 9.59 Å². The molecule has 0 atom stereocenters. The number of hydrogen-bond acceptors (Lipinski definition) is 9. The summed E-state index contributed by atoms with van der Waals surface area (Å²) in [7, 11) is 2.22. The molecule has 0 aliphatic heterocycles. The summed E-state index contributed by atoms with van der Waals surface area (Å²) >= 11 is 6.52. The van der Waals surface area contributed by atoms with E-state index in [0.29, 0.717) is 14.5 Å². The maximum absolute atomic E-state index is 11.8. The monoisotopic (exact) mass is 558 g/mol. The Hall–Kier alpha value is -3.32. The number of rotatable bonds is 7. The van der Waals surface area contributed by atoms with E-state index < -0.39 is 33.2 Å². The number of methoxy groups -OCH3 is 2. The number of nitro groups is 2. The van der Waals surface area contributed by atoms with Crippen molar-refractivity contribution in [3.63, 3.8) is 0 Å². The van der Waals surface area contributed by atoms with E-state index >= 15 is 0 Å². The van der Waals surface area contributed by atoms with Gasteiger partial charge in [0.1, 0.15) is 5.57 Å². The van der Waals surface area contributed by atoms with Gasteiger partial charge in [-0.2, -0.15) is 0 Å². The second kappa shape index (κ2) is 10.1. The summed E-state index contributed by atoms with van der Waals surface area (Å²) in [6.45, 7) is 0. The van der Waals surface area contributed by atoms with Gasteiger partial charge in [0, 0.05) is 6.07 Å². The van der Waals surface area contributed by atoms with Crippen LogP contribution < -0.4 is 4.74 Å². The zero-order chi connectivity index (χ0) is 23.3. The number of nitrogens with zero attached hydrogens (tertiary/aromatic N) is 2.